The third-order valence-corrected chi connectivity index (χ3v) is 3.26. The van der Waals surface area contributed by atoms with Crippen molar-refractivity contribution in [2.24, 2.45) is 0 Å². The number of aromatic nitrogens is 1. The van der Waals surface area contributed by atoms with Crippen LogP contribution in [0.1, 0.15) is 32.4 Å². The van der Waals surface area contributed by atoms with Crippen molar-refractivity contribution in [2.45, 2.75) is 32.4 Å². The highest BCUT2D eigenvalue weighted by Crippen LogP contribution is 2.28. The molecule has 1 amide bonds. The quantitative estimate of drug-likeness (QED) is 0.473. The van der Waals surface area contributed by atoms with Crippen LogP contribution in [0.15, 0.2) is 18.3 Å². The lowest BCUT2D eigenvalue weighted by molar-refractivity contribution is -0.182. The Morgan fingerprint density at radius 2 is 2.16 bits per heavy atom. The average molecular weight is 283 g/mol. The zero-order valence-corrected chi connectivity index (χ0v) is 11.8. The number of halogens is 1. The number of pyridine rings is 1. The molecule has 1 fully saturated rings. The highest BCUT2D eigenvalue weighted by Gasteiger charge is 2.41. The number of amides is 1. The van der Waals surface area contributed by atoms with E-state index in [2.05, 4.69) is 4.98 Å². The summed E-state index contributed by atoms with van der Waals surface area (Å²) in [6.45, 7) is 5.74. The Morgan fingerprint density at radius 1 is 1.47 bits per heavy atom. The molecule has 0 N–H and O–H groups in total. The predicted molar refractivity (Wildman–Crippen MR) is 69.5 cm³/mol. The summed E-state index contributed by atoms with van der Waals surface area (Å²) in [6, 6.07) is 3.20. The van der Waals surface area contributed by atoms with E-state index in [9.17, 15) is 9.59 Å². The van der Waals surface area contributed by atoms with E-state index in [0.29, 0.717) is 11.7 Å². The van der Waals surface area contributed by atoms with Gasteiger partial charge in [0.15, 0.2) is 0 Å². The van der Waals surface area contributed by atoms with Gasteiger partial charge in [-0.25, -0.2) is 9.78 Å². The zero-order chi connectivity index (χ0) is 14.2. The molecule has 1 aliphatic heterocycles. The third kappa shape index (κ3) is 2.87. The number of rotatable bonds is 2. The Balaban J connectivity index is 2.29. The van der Waals surface area contributed by atoms with Gasteiger partial charge in [0.25, 0.3) is 0 Å². The second-order valence-corrected chi connectivity index (χ2v) is 5.56. The molecule has 5 nitrogen and oxygen atoms in total. The molecule has 1 aromatic rings. The molecule has 1 aromatic heterocycles. The van der Waals surface area contributed by atoms with Crippen molar-refractivity contribution in [1.29, 1.82) is 0 Å². The standard InChI is InChI=1S/C13H15ClN2O3/c1-8(9-4-5-15-10(14)6-9)16-7-13(2,3)19-12(18)11(16)17/h4-6,8H,7H2,1-3H3. The molecule has 0 saturated carbocycles. The lowest BCUT2D eigenvalue weighted by Crippen LogP contribution is -2.54. The van der Waals surface area contributed by atoms with E-state index in [1.165, 1.54) is 4.90 Å². The fourth-order valence-corrected chi connectivity index (χ4v) is 2.28. The molecule has 19 heavy (non-hydrogen) atoms. The Kier molecular flexibility index (Phi) is 3.49. The predicted octanol–water partition coefficient (Wildman–Crippen LogP) is 1.96. The normalized spacial score (nSPS) is 20.1. The molecule has 0 bridgehead atoms. The van der Waals surface area contributed by atoms with E-state index in [1.807, 2.05) is 6.92 Å². The number of hydrogen-bond donors (Lipinski definition) is 0. The first kappa shape index (κ1) is 13.8. The summed E-state index contributed by atoms with van der Waals surface area (Å²) in [5, 5.41) is 0.357. The number of morpholine rings is 1. The van der Waals surface area contributed by atoms with Crippen molar-refractivity contribution in [3.05, 3.63) is 29.0 Å². The highest BCUT2D eigenvalue weighted by atomic mass is 35.5. The van der Waals surface area contributed by atoms with Gasteiger partial charge in [-0.3, -0.25) is 4.79 Å². The number of ether oxygens (including phenoxy) is 1. The maximum Gasteiger partial charge on any atom is 0.397 e. The van der Waals surface area contributed by atoms with Gasteiger partial charge in [-0.05, 0) is 38.5 Å². The second kappa shape index (κ2) is 4.81. The molecule has 102 valence electrons. The van der Waals surface area contributed by atoms with Gasteiger partial charge in [0.05, 0.1) is 12.6 Å². The first-order valence-electron chi connectivity index (χ1n) is 5.95. The molecule has 1 saturated heterocycles. The summed E-state index contributed by atoms with van der Waals surface area (Å²) in [7, 11) is 0. The summed E-state index contributed by atoms with van der Waals surface area (Å²) >= 11 is 5.84. The number of nitrogens with zero attached hydrogens (tertiary/aromatic N) is 2. The van der Waals surface area contributed by atoms with Crippen molar-refractivity contribution < 1.29 is 14.3 Å². The molecule has 1 aliphatic rings. The molecule has 0 aliphatic carbocycles. The van der Waals surface area contributed by atoms with Crippen LogP contribution in [0.2, 0.25) is 5.15 Å². The van der Waals surface area contributed by atoms with Crippen molar-refractivity contribution in [3.8, 4) is 0 Å². The molecule has 1 atom stereocenters. The maximum atomic E-state index is 11.9. The number of hydrogen-bond acceptors (Lipinski definition) is 4. The van der Waals surface area contributed by atoms with E-state index in [0.717, 1.165) is 5.56 Å². The van der Waals surface area contributed by atoms with Gasteiger partial charge >= 0.3 is 11.9 Å². The molecule has 1 unspecified atom stereocenters. The van der Waals surface area contributed by atoms with E-state index in [-0.39, 0.29) is 6.04 Å². The SMILES string of the molecule is CC(c1ccnc(Cl)c1)N1CC(C)(C)OC(=O)C1=O. The van der Waals surface area contributed by atoms with Crippen LogP contribution in [0.5, 0.6) is 0 Å². The van der Waals surface area contributed by atoms with Gasteiger partial charge in [-0.1, -0.05) is 11.6 Å². The Bertz CT molecular complexity index is 530. The summed E-state index contributed by atoms with van der Waals surface area (Å²) < 4.78 is 5.06. The summed E-state index contributed by atoms with van der Waals surface area (Å²) in [5.41, 5.74) is 0.148. The number of esters is 1. The number of carbonyl (C=O) groups excluding carboxylic acids is 2. The molecular weight excluding hydrogens is 268 g/mol. The lowest BCUT2D eigenvalue weighted by Gasteiger charge is -2.40. The minimum atomic E-state index is -0.816. The summed E-state index contributed by atoms with van der Waals surface area (Å²) in [6.07, 6.45) is 1.58. The fourth-order valence-electron chi connectivity index (χ4n) is 2.10. The van der Waals surface area contributed by atoms with Gasteiger partial charge in [0.2, 0.25) is 0 Å². The van der Waals surface area contributed by atoms with Crippen LogP contribution in [0.4, 0.5) is 0 Å². The molecule has 2 heterocycles. The zero-order valence-electron chi connectivity index (χ0n) is 11.0. The summed E-state index contributed by atoms with van der Waals surface area (Å²) in [5.74, 6) is -1.44. The summed E-state index contributed by atoms with van der Waals surface area (Å²) in [4.78, 5) is 28.9. The van der Waals surface area contributed by atoms with Crippen molar-refractivity contribution >= 4 is 23.5 Å². The van der Waals surface area contributed by atoms with Gasteiger partial charge < -0.3 is 9.64 Å². The van der Waals surface area contributed by atoms with E-state index < -0.39 is 17.5 Å². The molecule has 0 radical (unpaired) electrons. The smallest absolute Gasteiger partial charge is 0.397 e. The minimum absolute atomic E-state index is 0.264. The number of carbonyl (C=O) groups is 2. The third-order valence-electron chi connectivity index (χ3n) is 3.06. The highest BCUT2D eigenvalue weighted by molar-refractivity contribution is 6.33. The monoisotopic (exact) mass is 282 g/mol. The van der Waals surface area contributed by atoms with E-state index >= 15 is 0 Å². The van der Waals surface area contributed by atoms with Crippen LogP contribution < -0.4 is 0 Å². The van der Waals surface area contributed by atoms with E-state index in [1.54, 1.807) is 32.2 Å². The Labute approximate surface area is 116 Å². The number of cyclic esters (lactones) is 1. The van der Waals surface area contributed by atoms with E-state index in [4.69, 9.17) is 16.3 Å². The average Bonchev–Trinajstić information content (AvgIpc) is 2.32. The van der Waals surface area contributed by atoms with Gasteiger partial charge in [-0.15, -0.1) is 0 Å². The first-order valence-corrected chi connectivity index (χ1v) is 6.33. The topological polar surface area (TPSA) is 59.5 Å². The maximum absolute atomic E-state index is 11.9. The molecule has 0 spiro atoms. The van der Waals surface area contributed by atoms with Crippen molar-refractivity contribution in [2.75, 3.05) is 6.54 Å². The van der Waals surface area contributed by atoms with Gasteiger partial charge in [0, 0.05) is 6.20 Å². The molecular formula is C13H15ClN2O3. The fraction of sp³-hybridized carbons (Fsp3) is 0.462. The van der Waals surface area contributed by atoms with Crippen LogP contribution >= 0.6 is 11.6 Å². The van der Waals surface area contributed by atoms with Gasteiger partial charge in [0.1, 0.15) is 10.8 Å². The minimum Gasteiger partial charge on any atom is -0.451 e. The molecule has 0 aromatic carbocycles. The lowest BCUT2D eigenvalue weighted by atomic mass is 10.0. The van der Waals surface area contributed by atoms with Crippen LogP contribution in [0, 0.1) is 0 Å². The molecule has 6 heteroatoms. The molecule has 2 rings (SSSR count). The van der Waals surface area contributed by atoms with Gasteiger partial charge in [-0.2, -0.15) is 0 Å². The first-order chi connectivity index (χ1) is 8.80. The van der Waals surface area contributed by atoms with Crippen molar-refractivity contribution in [1.82, 2.24) is 9.88 Å². The van der Waals surface area contributed by atoms with Crippen LogP contribution in [-0.2, 0) is 14.3 Å². The second-order valence-electron chi connectivity index (χ2n) is 5.17. The largest absolute Gasteiger partial charge is 0.451 e. The van der Waals surface area contributed by atoms with Crippen LogP contribution in [0.3, 0.4) is 0 Å². The van der Waals surface area contributed by atoms with Crippen LogP contribution in [-0.4, -0.2) is 33.9 Å². The van der Waals surface area contributed by atoms with Crippen LogP contribution in [0.25, 0.3) is 0 Å². The van der Waals surface area contributed by atoms with Crippen molar-refractivity contribution in [3.63, 3.8) is 0 Å². The Morgan fingerprint density at radius 3 is 2.79 bits per heavy atom. The Hall–Kier alpha value is -1.62.